The number of rotatable bonds is 13. The molecule has 0 heterocycles. The van der Waals surface area contributed by atoms with Crippen LogP contribution in [0.2, 0.25) is 0 Å². The van der Waals surface area contributed by atoms with E-state index in [1.807, 2.05) is 5.32 Å². The van der Waals surface area contributed by atoms with E-state index in [4.69, 9.17) is 15.9 Å². The summed E-state index contributed by atoms with van der Waals surface area (Å²) in [7, 11) is 0. The smallest absolute Gasteiger partial charge is 0.326 e. The predicted octanol–water partition coefficient (Wildman–Crippen LogP) is -2.86. The van der Waals surface area contributed by atoms with Gasteiger partial charge in [-0.3, -0.25) is 19.2 Å². The lowest BCUT2D eigenvalue weighted by Crippen LogP contribution is -2.61. The molecule has 0 bridgehead atoms. The van der Waals surface area contributed by atoms with Gasteiger partial charge in [-0.1, -0.05) is 20.3 Å². The van der Waals surface area contributed by atoms with Crippen LogP contribution in [0, 0.1) is 5.92 Å². The first-order valence-electron chi connectivity index (χ1n) is 9.70. The first-order valence-corrected chi connectivity index (χ1v) is 9.70. The van der Waals surface area contributed by atoms with Gasteiger partial charge in [-0.25, -0.2) is 4.79 Å². The van der Waals surface area contributed by atoms with Crippen LogP contribution in [0.25, 0.3) is 0 Å². The van der Waals surface area contributed by atoms with E-state index in [1.165, 1.54) is 6.92 Å². The van der Waals surface area contributed by atoms with Crippen molar-refractivity contribution in [1.82, 2.24) is 16.0 Å². The van der Waals surface area contributed by atoms with Crippen molar-refractivity contribution in [2.24, 2.45) is 11.7 Å². The lowest BCUT2D eigenvalue weighted by Gasteiger charge is -2.29. The molecule has 0 saturated carbocycles. The molecule has 0 radical (unpaired) electrons. The van der Waals surface area contributed by atoms with E-state index in [0.717, 1.165) is 6.92 Å². The van der Waals surface area contributed by atoms with Gasteiger partial charge in [0.25, 0.3) is 0 Å². The molecule has 0 spiro atoms. The molecule has 9 N–H and O–H groups in total. The topological polar surface area (TPSA) is 228 Å². The maximum absolute atomic E-state index is 12.8. The van der Waals surface area contributed by atoms with Crippen molar-refractivity contribution >= 4 is 29.7 Å². The van der Waals surface area contributed by atoms with Crippen LogP contribution in [0.15, 0.2) is 0 Å². The molecule has 7 unspecified atom stereocenters. The third-order valence-electron chi connectivity index (χ3n) is 4.67. The summed E-state index contributed by atoms with van der Waals surface area (Å²) in [5.41, 5.74) is 5.57. The van der Waals surface area contributed by atoms with E-state index in [1.54, 1.807) is 13.8 Å². The molecule has 0 fully saturated rings. The number of carboxylic acids is 2. The number of nitrogens with one attached hydrogen (secondary N) is 3. The van der Waals surface area contributed by atoms with Crippen molar-refractivity contribution in [2.45, 2.75) is 76.9 Å². The van der Waals surface area contributed by atoms with Gasteiger partial charge < -0.3 is 42.1 Å². The van der Waals surface area contributed by atoms with Crippen molar-refractivity contribution in [1.29, 1.82) is 0 Å². The molecule has 7 atom stereocenters. The van der Waals surface area contributed by atoms with E-state index in [-0.39, 0.29) is 0 Å². The van der Waals surface area contributed by atoms with Crippen LogP contribution in [0.4, 0.5) is 0 Å². The van der Waals surface area contributed by atoms with Crippen molar-refractivity contribution in [3.63, 3.8) is 0 Å². The quantitative estimate of drug-likeness (QED) is 0.144. The van der Waals surface area contributed by atoms with Gasteiger partial charge >= 0.3 is 11.9 Å². The number of aliphatic hydroxyl groups excluding tert-OH is 2. The van der Waals surface area contributed by atoms with Gasteiger partial charge in [0.05, 0.1) is 18.6 Å². The number of carbonyl (C=O) groups excluding carboxylic acids is 3. The molecule has 0 aromatic rings. The molecule has 0 saturated heterocycles. The first-order chi connectivity index (χ1) is 14.2. The summed E-state index contributed by atoms with van der Waals surface area (Å²) < 4.78 is 0. The maximum atomic E-state index is 12.8. The Kier molecular flexibility index (Phi) is 11.7. The van der Waals surface area contributed by atoms with Gasteiger partial charge in [-0.05, 0) is 19.8 Å². The zero-order chi connectivity index (χ0) is 24.5. The molecule has 3 amide bonds. The zero-order valence-electron chi connectivity index (χ0n) is 17.9. The maximum Gasteiger partial charge on any atom is 0.326 e. The number of aliphatic carboxylic acids is 2. The van der Waals surface area contributed by atoms with Crippen LogP contribution in [-0.2, 0) is 24.0 Å². The third kappa shape index (κ3) is 9.27. The number of amides is 3. The molecule has 31 heavy (non-hydrogen) atoms. The number of aliphatic hydroxyl groups is 2. The summed E-state index contributed by atoms with van der Waals surface area (Å²) >= 11 is 0. The second kappa shape index (κ2) is 12.8. The van der Waals surface area contributed by atoms with Crippen LogP contribution in [-0.4, -0.2) is 86.5 Å². The Morgan fingerprint density at radius 1 is 0.806 bits per heavy atom. The Labute approximate surface area is 179 Å². The van der Waals surface area contributed by atoms with Crippen molar-refractivity contribution in [3.05, 3.63) is 0 Å². The molecule has 0 aliphatic carbocycles. The number of hydrogen-bond acceptors (Lipinski definition) is 8. The average molecular weight is 448 g/mol. The van der Waals surface area contributed by atoms with E-state index in [0.29, 0.717) is 6.42 Å². The van der Waals surface area contributed by atoms with Crippen molar-refractivity contribution in [3.8, 4) is 0 Å². The SMILES string of the molecule is CCC(C)C(NC(=O)C(N)C(C)O)C(=O)NC(C(=O)NC(CC(=O)O)C(=O)O)C(C)O. The average Bonchev–Trinajstić information content (AvgIpc) is 2.66. The van der Waals surface area contributed by atoms with Gasteiger partial charge in [-0.15, -0.1) is 0 Å². The molecule has 13 nitrogen and oxygen atoms in total. The summed E-state index contributed by atoms with van der Waals surface area (Å²) in [6, 6.07) is -5.89. The van der Waals surface area contributed by atoms with Gasteiger partial charge in [-0.2, -0.15) is 0 Å². The number of carboxylic acid groups (broad SMARTS) is 2. The number of carbonyl (C=O) groups is 5. The van der Waals surface area contributed by atoms with Crippen LogP contribution >= 0.6 is 0 Å². The molecule has 13 heteroatoms. The minimum absolute atomic E-state index is 0.429. The summed E-state index contributed by atoms with van der Waals surface area (Å²) in [5, 5.41) is 43.8. The summed E-state index contributed by atoms with van der Waals surface area (Å²) in [6.07, 6.45) is -3.13. The lowest BCUT2D eigenvalue weighted by molar-refractivity contribution is -0.148. The zero-order valence-corrected chi connectivity index (χ0v) is 17.9. The highest BCUT2D eigenvalue weighted by molar-refractivity contribution is 5.95. The number of nitrogens with two attached hydrogens (primary N) is 1. The first kappa shape index (κ1) is 28.2. The van der Waals surface area contributed by atoms with Gasteiger partial charge in [0, 0.05) is 0 Å². The molecule has 178 valence electrons. The molecule has 0 aliphatic rings. The Morgan fingerprint density at radius 2 is 1.29 bits per heavy atom. The highest BCUT2D eigenvalue weighted by atomic mass is 16.4. The molecular weight excluding hydrogens is 416 g/mol. The van der Waals surface area contributed by atoms with Crippen LogP contribution < -0.4 is 21.7 Å². The predicted molar refractivity (Wildman–Crippen MR) is 106 cm³/mol. The lowest BCUT2D eigenvalue weighted by atomic mass is 9.97. The van der Waals surface area contributed by atoms with E-state index >= 15 is 0 Å². The monoisotopic (exact) mass is 448 g/mol. The largest absolute Gasteiger partial charge is 0.481 e. The Hall–Kier alpha value is -2.77. The van der Waals surface area contributed by atoms with Crippen LogP contribution in [0.1, 0.15) is 40.5 Å². The molecule has 0 aromatic carbocycles. The summed E-state index contributed by atoms with van der Waals surface area (Å²) in [4.78, 5) is 59.3. The normalized spacial score (nSPS) is 17.8. The second-order valence-corrected chi connectivity index (χ2v) is 7.36. The van der Waals surface area contributed by atoms with Crippen LogP contribution in [0.5, 0.6) is 0 Å². The Bertz CT molecular complexity index is 668. The van der Waals surface area contributed by atoms with E-state index < -0.39 is 78.4 Å². The highest BCUT2D eigenvalue weighted by Gasteiger charge is 2.35. The minimum Gasteiger partial charge on any atom is -0.481 e. The van der Waals surface area contributed by atoms with Gasteiger partial charge in [0.15, 0.2) is 0 Å². The fourth-order valence-corrected chi connectivity index (χ4v) is 2.45. The molecule has 0 aromatic heterocycles. The van der Waals surface area contributed by atoms with E-state index in [2.05, 4.69) is 10.6 Å². The molecular formula is C18H32N4O9. The second-order valence-electron chi connectivity index (χ2n) is 7.36. The fourth-order valence-electron chi connectivity index (χ4n) is 2.45. The van der Waals surface area contributed by atoms with Crippen molar-refractivity contribution in [2.75, 3.05) is 0 Å². The van der Waals surface area contributed by atoms with Gasteiger partial charge in [0.1, 0.15) is 24.2 Å². The van der Waals surface area contributed by atoms with E-state index in [9.17, 15) is 34.2 Å². The standard InChI is InChI=1S/C18H32N4O9/c1-5-7(2)13(21-15(27)12(19)8(3)23)16(28)22-14(9(4)24)17(29)20-10(18(30)31)6-11(25)26/h7-10,12-14,23-24H,5-6,19H2,1-4H3,(H,20,29)(H,21,27)(H,22,28)(H,25,26)(H,30,31). The van der Waals surface area contributed by atoms with Crippen LogP contribution in [0.3, 0.4) is 0 Å². The number of hydrogen-bond donors (Lipinski definition) is 8. The summed E-state index contributed by atoms with van der Waals surface area (Å²) in [5.74, 6) is -6.29. The molecule has 0 rings (SSSR count). The fraction of sp³-hybridized carbons (Fsp3) is 0.722. The highest BCUT2D eigenvalue weighted by Crippen LogP contribution is 2.10. The van der Waals surface area contributed by atoms with Gasteiger partial charge in [0.2, 0.25) is 17.7 Å². The third-order valence-corrected chi connectivity index (χ3v) is 4.67. The summed E-state index contributed by atoms with van der Waals surface area (Å²) in [6.45, 7) is 5.85. The Morgan fingerprint density at radius 3 is 1.68 bits per heavy atom. The minimum atomic E-state index is -1.78. The Balaban J connectivity index is 5.51. The molecule has 0 aliphatic heterocycles. The van der Waals surface area contributed by atoms with Crippen molar-refractivity contribution < 1.29 is 44.4 Å².